The SMILES string of the molecule is CC(C)N(CCC(N)=S)C(=O)C12CC3CC(CC(C3)C1)C2. The molecule has 4 bridgehead atoms. The maximum absolute atomic E-state index is 13.3. The van der Waals surface area contributed by atoms with Crippen molar-refractivity contribution < 1.29 is 4.79 Å². The summed E-state index contributed by atoms with van der Waals surface area (Å²) >= 11 is 5.00. The summed E-state index contributed by atoms with van der Waals surface area (Å²) in [5.41, 5.74) is 5.59. The first-order valence-electron chi connectivity index (χ1n) is 8.49. The van der Waals surface area contributed by atoms with Gasteiger partial charge in [0.15, 0.2) is 0 Å². The van der Waals surface area contributed by atoms with Crippen LogP contribution in [0, 0.1) is 23.2 Å². The van der Waals surface area contributed by atoms with Crippen molar-refractivity contribution in [2.75, 3.05) is 6.54 Å². The van der Waals surface area contributed by atoms with Crippen LogP contribution < -0.4 is 5.73 Å². The summed E-state index contributed by atoms with van der Waals surface area (Å²) in [7, 11) is 0. The predicted octanol–water partition coefficient (Wildman–Crippen LogP) is 3.12. The van der Waals surface area contributed by atoms with Gasteiger partial charge < -0.3 is 10.6 Å². The van der Waals surface area contributed by atoms with Gasteiger partial charge in [0, 0.05) is 19.0 Å². The molecule has 4 aliphatic carbocycles. The van der Waals surface area contributed by atoms with Gasteiger partial charge in [-0.1, -0.05) is 12.2 Å². The first-order chi connectivity index (χ1) is 9.89. The van der Waals surface area contributed by atoms with E-state index in [2.05, 4.69) is 13.8 Å². The quantitative estimate of drug-likeness (QED) is 0.794. The average Bonchev–Trinajstić information content (AvgIpc) is 2.36. The van der Waals surface area contributed by atoms with E-state index in [9.17, 15) is 4.79 Å². The molecule has 0 unspecified atom stereocenters. The van der Waals surface area contributed by atoms with E-state index in [1.807, 2.05) is 4.90 Å². The van der Waals surface area contributed by atoms with E-state index < -0.39 is 0 Å². The minimum Gasteiger partial charge on any atom is -0.393 e. The summed E-state index contributed by atoms with van der Waals surface area (Å²) in [5.74, 6) is 2.83. The van der Waals surface area contributed by atoms with Crippen LogP contribution in [0.2, 0.25) is 0 Å². The van der Waals surface area contributed by atoms with Crippen LogP contribution in [0.15, 0.2) is 0 Å². The van der Waals surface area contributed by atoms with Crippen molar-refractivity contribution in [2.24, 2.45) is 28.9 Å². The van der Waals surface area contributed by atoms with Crippen LogP contribution >= 0.6 is 12.2 Å². The average molecular weight is 308 g/mol. The molecule has 0 aromatic rings. The van der Waals surface area contributed by atoms with Gasteiger partial charge in [0.1, 0.15) is 0 Å². The summed E-state index contributed by atoms with van der Waals surface area (Å²) in [4.78, 5) is 15.9. The third-order valence-corrected chi connectivity index (χ3v) is 6.18. The largest absolute Gasteiger partial charge is 0.393 e. The predicted molar refractivity (Wildman–Crippen MR) is 88.9 cm³/mol. The van der Waals surface area contributed by atoms with Crippen LogP contribution in [0.3, 0.4) is 0 Å². The van der Waals surface area contributed by atoms with Crippen LogP contribution in [-0.4, -0.2) is 28.4 Å². The van der Waals surface area contributed by atoms with E-state index in [0.29, 0.717) is 23.9 Å². The molecule has 4 rings (SSSR count). The number of nitrogens with zero attached hydrogens (tertiary/aromatic N) is 1. The van der Waals surface area contributed by atoms with E-state index in [1.54, 1.807) is 0 Å². The summed E-state index contributed by atoms with van der Waals surface area (Å²) in [6.07, 6.45) is 8.17. The van der Waals surface area contributed by atoms with Gasteiger partial charge in [-0.3, -0.25) is 4.79 Å². The highest BCUT2D eigenvalue weighted by molar-refractivity contribution is 7.80. The second-order valence-corrected chi connectivity index (χ2v) is 8.53. The van der Waals surface area contributed by atoms with E-state index in [1.165, 1.54) is 19.3 Å². The van der Waals surface area contributed by atoms with Gasteiger partial charge in [0.2, 0.25) is 5.91 Å². The topological polar surface area (TPSA) is 46.3 Å². The molecule has 1 amide bonds. The van der Waals surface area contributed by atoms with Crippen molar-refractivity contribution in [1.82, 2.24) is 4.90 Å². The lowest BCUT2D eigenvalue weighted by molar-refractivity contribution is -0.159. The third kappa shape index (κ3) is 2.84. The summed E-state index contributed by atoms with van der Waals surface area (Å²) in [6, 6.07) is 0.236. The van der Waals surface area contributed by atoms with Gasteiger partial charge in [-0.05, 0) is 70.1 Å². The van der Waals surface area contributed by atoms with E-state index in [0.717, 1.165) is 37.0 Å². The van der Waals surface area contributed by atoms with Crippen molar-refractivity contribution in [3.63, 3.8) is 0 Å². The number of hydrogen-bond donors (Lipinski definition) is 1. The monoisotopic (exact) mass is 308 g/mol. The molecule has 0 aromatic carbocycles. The Balaban J connectivity index is 1.77. The zero-order valence-corrected chi connectivity index (χ0v) is 14.1. The molecule has 0 heterocycles. The van der Waals surface area contributed by atoms with E-state index in [4.69, 9.17) is 18.0 Å². The number of hydrogen-bond acceptors (Lipinski definition) is 2. The molecule has 4 aliphatic rings. The second-order valence-electron chi connectivity index (χ2n) is 8.01. The normalized spacial score (nSPS) is 37.0. The van der Waals surface area contributed by atoms with Gasteiger partial charge in [-0.2, -0.15) is 0 Å². The summed E-state index contributed by atoms with van der Waals surface area (Å²) in [5, 5.41) is 0. The zero-order valence-electron chi connectivity index (χ0n) is 13.3. The Labute approximate surface area is 133 Å². The van der Waals surface area contributed by atoms with Crippen LogP contribution in [0.1, 0.15) is 58.8 Å². The molecule has 4 heteroatoms. The number of nitrogens with two attached hydrogens (primary N) is 1. The Kier molecular flexibility index (Phi) is 4.02. The molecule has 21 heavy (non-hydrogen) atoms. The molecule has 3 nitrogen and oxygen atoms in total. The molecule has 118 valence electrons. The lowest BCUT2D eigenvalue weighted by Gasteiger charge is -2.57. The number of rotatable bonds is 5. The number of carbonyl (C=O) groups excluding carboxylic acids is 1. The molecule has 4 fully saturated rings. The molecule has 0 spiro atoms. The molecule has 0 atom stereocenters. The lowest BCUT2D eigenvalue weighted by Crippen LogP contribution is -2.56. The number of amides is 1. The van der Waals surface area contributed by atoms with Crippen molar-refractivity contribution in [3.05, 3.63) is 0 Å². The Morgan fingerprint density at radius 3 is 2.05 bits per heavy atom. The van der Waals surface area contributed by atoms with Crippen LogP contribution in [0.25, 0.3) is 0 Å². The standard InChI is InChI=1S/C17H28N2OS/c1-11(2)19(4-3-15(18)21)16(20)17-8-12-5-13(9-17)7-14(6-12)10-17/h11-14H,3-10H2,1-2H3,(H2,18,21). The molecule has 4 saturated carbocycles. The zero-order chi connectivity index (χ0) is 15.2. The smallest absolute Gasteiger partial charge is 0.229 e. The van der Waals surface area contributed by atoms with Crippen LogP contribution in [0.4, 0.5) is 0 Å². The fraction of sp³-hybridized carbons (Fsp3) is 0.882. The molecule has 0 aromatic heterocycles. The van der Waals surface area contributed by atoms with E-state index >= 15 is 0 Å². The van der Waals surface area contributed by atoms with Crippen LogP contribution in [-0.2, 0) is 4.79 Å². The summed E-state index contributed by atoms with van der Waals surface area (Å²) < 4.78 is 0. The Morgan fingerprint density at radius 2 is 1.67 bits per heavy atom. The van der Waals surface area contributed by atoms with Gasteiger partial charge in [0.05, 0.1) is 10.4 Å². The summed E-state index contributed by atoms with van der Waals surface area (Å²) in [6.45, 7) is 4.91. The van der Waals surface area contributed by atoms with Crippen molar-refractivity contribution in [2.45, 2.75) is 64.8 Å². The third-order valence-electron chi connectivity index (χ3n) is 5.98. The Hall–Kier alpha value is -0.640. The molecule has 0 saturated heterocycles. The van der Waals surface area contributed by atoms with Gasteiger partial charge in [-0.25, -0.2) is 0 Å². The van der Waals surface area contributed by atoms with Gasteiger partial charge in [-0.15, -0.1) is 0 Å². The molecule has 2 N–H and O–H groups in total. The maximum Gasteiger partial charge on any atom is 0.229 e. The molecular weight excluding hydrogens is 280 g/mol. The lowest BCUT2D eigenvalue weighted by atomic mass is 9.49. The highest BCUT2D eigenvalue weighted by Crippen LogP contribution is 2.60. The molecule has 0 radical (unpaired) electrons. The van der Waals surface area contributed by atoms with Crippen molar-refractivity contribution in [1.29, 1.82) is 0 Å². The maximum atomic E-state index is 13.3. The fourth-order valence-electron chi connectivity index (χ4n) is 5.50. The highest BCUT2D eigenvalue weighted by atomic mass is 32.1. The first-order valence-corrected chi connectivity index (χ1v) is 8.90. The van der Waals surface area contributed by atoms with Gasteiger partial charge in [0.25, 0.3) is 0 Å². The van der Waals surface area contributed by atoms with E-state index in [-0.39, 0.29) is 11.5 Å². The minimum absolute atomic E-state index is 0.0464. The number of carbonyl (C=O) groups is 1. The number of thiocarbonyl (C=S) groups is 1. The first kappa shape index (κ1) is 15.3. The highest BCUT2D eigenvalue weighted by Gasteiger charge is 2.55. The van der Waals surface area contributed by atoms with Crippen LogP contribution in [0.5, 0.6) is 0 Å². The Bertz CT molecular complexity index is 411. The molecule has 0 aliphatic heterocycles. The minimum atomic E-state index is -0.0464. The Morgan fingerprint density at radius 1 is 1.19 bits per heavy atom. The van der Waals surface area contributed by atoms with Crippen molar-refractivity contribution >= 4 is 23.1 Å². The van der Waals surface area contributed by atoms with Crippen molar-refractivity contribution in [3.8, 4) is 0 Å². The second kappa shape index (κ2) is 5.53. The van der Waals surface area contributed by atoms with Gasteiger partial charge >= 0.3 is 0 Å². The fourth-order valence-corrected chi connectivity index (χ4v) is 5.59. The molecular formula is C17H28N2OS.